The third kappa shape index (κ3) is 3.86. The SMILES string of the molecule is CCOC(=O)OC(C)On1on1N1CCC(CO)CC1. The van der Waals surface area contributed by atoms with Crippen molar-refractivity contribution in [3.8, 4) is 0 Å². The van der Waals surface area contributed by atoms with Crippen molar-refractivity contribution in [2.45, 2.75) is 33.0 Å². The summed E-state index contributed by atoms with van der Waals surface area (Å²) in [5.41, 5.74) is 0. The molecule has 20 heavy (non-hydrogen) atoms. The lowest BCUT2D eigenvalue weighted by molar-refractivity contribution is -0.133. The standard InChI is InChI=1S/C11H21N3O6/c1-3-17-11(16)18-9(2)19-14-13(20-14)12-6-4-10(8-15)5-7-12/h9-10,15H,3-8H2,1-2H3. The number of rotatable bonds is 6. The Bertz CT molecular complexity index is 403. The summed E-state index contributed by atoms with van der Waals surface area (Å²) in [6, 6.07) is 0. The quantitative estimate of drug-likeness (QED) is 0.590. The molecule has 1 atom stereocenters. The maximum atomic E-state index is 11.1. The van der Waals surface area contributed by atoms with E-state index in [2.05, 4.69) is 4.74 Å². The van der Waals surface area contributed by atoms with Crippen LogP contribution in [0.1, 0.15) is 26.7 Å². The first-order valence-electron chi connectivity index (χ1n) is 6.78. The minimum Gasteiger partial charge on any atom is -0.435 e. The number of hydrogen-bond acceptors (Lipinski definition) is 7. The van der Waals surface area contributed by atoms with Crippen molar-refractivity contribution >= 4 is 6.16 Å². The molecule has 1 N–H and O–H groups in total. The van der Waals surface area contributed by atoms with Crippen molar-refractivity contribution in [1.82, 2.24) is 9.98 Å². The Morgan fingerprint density at radius 1 is 1.45 bits per heavy atom. The summed E-state index contributed by atoms with van der Waals surface area (Å²) in [5, 5.41) is 12.2. The number of nitrogens with zero attached hydrogens (tertiary/aromatic N) is 3. The van der Waals surface area contributed by atoms with Crippen LogP contribution in [0.3, 0.4) is 0 Å². The van der Waals surface area contributed by atoms with Crippen LogP contribution in [0.2, 0.25) is 0 Å². The lowest BCUT2D eigenvalue weighted by atomic mass is 9.99. The lowest BCUT2D eigenvalue weighted by Gasteiger charge is -2.27. The summed E-state index contributed by atoms with van der Waals surface area (Å²) in [5.74, 6) is 0.353. The predicted octanol–water partition coefficient (Wildman–Crippen LogP) is 0.171. The number of aromatic nitrogens is 2. The van der Waals surface area contributed by atoms with Crippen LogP contribution >= 0.6 is 0 Å². The summed E-state index contributed by atoms with van der Waals surface area (Å²) in [6.07, 6.45) is 0.212. The molecule has 0 saturated carbocycles. The van der Waals surface area contributed by atoms with Crippen LogP contribution in [0.15, 0.2) is 4.63 Å². The second-order valence-electron chi connectivity index (χ2n) is 4.63. The average molecular weight is 291 g/mol. The first-order chi connectivity index (χ1) is 9.63. The Hall–Kier alpha value is -1.77. The van der Waals surface area contributed by atoms with E-state index in [4.69, 9.17) is 19.3 Å². The minimum absolute atomic E-state index is 0.222. The van der Waals surface area contributed by atoms with Gasteiger partial charge in [0.25, 0.3) is 6.29 Å². The van der Waals surface area contributed by atoms with E-state index in [1.165, 1.54) is 4.96 Å². The summed E-state index contributed by atoms with van der Waals surface area (Å²) < 4.78 is 14.6. The van der Waals surface area contributed by atoms with Gasteiger partial charge in [0.15, 0.2) is 0 Å². The van der Waals surface area contributed by atoms with E-state index in [0.717, 1.165) is 30.9 Å². The Labute approximate surface area is 116 Å². The Balaban J connectivity index is 1.71. The molecule has 0 spiro atoms. The zero-order chi connectivity index (χ0) is 14.5. The number of aliphatic hydroxyl groups is 1. The van der Waals surface area contributed by atoms with Gasteiger partial charge in [-0.2, -0.15) is 4.63 Å². The average Bonchev–Trinajstić information content (AvgIpc) is 3.18. The van der Waals surface area contributed by atoms with E-state index < -0.39 is 12.4 Å². The number of aliphatic hydroxyl groups excluding tert-OH is 1. The van der Waals surface area contributed by atoms with E-state index in [1.807, 2.05) is 5.01 Å². The Morgan fingerprint density at radius 2 is 2.15 bits per heavy atom. The molecule has 116 valence electrons. The molecule has 1 aliphatic rings. The number of piperidine rings is 1. The second kappa shape index (κ2) is 6.60. The number of hydrogen-bond donors (Lipinski definition) is 1. The molecular weight excluding hydrogens is 270 g/mol. The molecule has 1 aromatic heterocycles. The molecule has 0 amide bonds. The van der Waals surface area contributed by atoms with Crippen LogP contribution in [0.5, 0.6) is 0 Å². The summed E-state index contributed by atoms with van der Waals surface area (Å²) in [4.78, 5) is 17.8. The van der Waals surface area contributed by atoms with E-state index in [9.17, 15) is 4.79 Å². The number of carbonyl (C=O) groups is 1. The van der Waals surface area contributed by atoms with Crippen molar-refractivity contribution in [3.05, 3.63) is 0 Å². The highest BCUT2D eigenvalue weighted by molar-refractivity contribution is 5.59. The molecule has 2 heterocycles. The van der Waals surface area contributed by atoms with Gasteiger partial charge in [-0.1, -0.05) is 0 Å². The van der Waals surface area contributed by atoms with E-state index in [-0.39, 0.29) is 13.2 Å². The molecule has 0 aromatic carbocycles. The lowest BCUT2D eigenvalue weighted by Crippen LogP contribution is -2.41. The summed E-state index contributed by atoms with van der Waals surface area (Å²) >= 11 is 0. The highest BCUT2D eigenvalue weighted by Crippen LogP contribution is 2.16. The van der Waals surface area contributed by atoms with Crippen LogP contribution in [0, 0.1) is 5.92 Å². The van der Waals surface area contributed by atoms with E-state index in [1.54, 1.807) is 13.8 Å². The Kier molecular flexibility index (Phi) is 4.83. The zero-order valence-electron chi connectivity index (χ0n) is 11.7. The van der Waals surface area contributed by atoms with Crippen molar-refractivity contribution in [1.29, 1.82) is 0 Å². The van der Waals surface area contributed by atoms with Gasteiger partial charge in [-0.15, -0.1) is 0 Å². The van der Waals surface area contributed by atoms with Gasteiger partial charge in [0.2, 0.25) is 0 Å². The first-order valence-corrected chi connectivity index (χ1v) is 6.78. The largest absolute Gasteiger partial charge is 0.511 e. The van der Waals surface area contributed by atoms with Gasteiger partial charge in [-0.05, 0) is 25.7 Å². The monoisotopic (exact) mass is 291 g/mol. The predicted molar refractivity (Wildman–Crippen MR) is 66.6 cm³/mol. The minimum atomic E-state index is -0.811. The van der Waals surface area contributed by atoms with Crippen LogP contribution in [-0.2, 0) is 9.47 Å². The maximum Gasteiger partial charge on any atom is 0.511 e. The molecule has 1 saturated heterocycles. The van der Waals surface area contributed by atoms with Crippen molar-refractivity contribution in [2.24, 2.45) is 5.92 Å². The van der Waals surface area contributed by atoms with Crippen LogP contribution < -0.4 is 9.85 Å². The maximum absolute atomic E-state index is 11.1. The number of ether oxygens (including phenoxy) is 2. The first kappa shape index (κ1) is 14.6. The van der Waals surface area contributed by atoms with Gasteiger partial charge in [-0.3, -0.25) is 5.01 Å². The zero-order valence-corrected chi connectivity index (χ0v) is 11.7. The molecule has 1 unspecified atom stereocenters. The molecule has 1 fully saturated rings. The van der Waals surface area contributed by atoms with Crippen molar-refractivity contribution < 1.29 is 28.8 Å². The molecule has 0 aliphatic carbocycles. The van der Waals surface area contributed by atoms with Crippen molar-refractivity contribution in [2.75, 3.05) is 31.3 Å². The smallest absolute Gasteiger partial charge is 0.435 e. The normalized spacial score (nSPS) is 18.1. The van der Waals surface area contributed by atoms with Crippen LogP contribution in [-0.4, -0.2) is 53.8 Å². The molecule has 1 aromatic rings. The Morgan fingerprint density at radius 3 is 2.75 bits per heavy atom. The molecule has 9 nitrogen and oxygen atoms in total. The van der Waals surface area contributed by atoms with E-state index in [0.29, 0.717) is 5.92 Å². The molecule has 0 radical (unpaired) electrons. The van der Waals surface area contributed by atoms with Gasteiger partial charge in [0.05, 0.1) is 6.61 Å². The van der Waals surface area contributed by atoms with Gasteiger partial charge in [0, 0.05) is 31.6 Å². The molecule has 2 rings (SSSR count). The van der Waals surface area contributed by atoms with Crippen LogP contribution in [0.4, 0.5) is 4.79 Å². The molecule has 9 heteroatoms. The summed E-state index contributed by atoms with van der Waals surface area (Å²) in [7, 11) is 0. The second-order valence-corrected chi connectivity index (χ2v) is 4.63. The fourth-order valence-corrected chi connectivity index (χ4v) is 1.97. The fraction of sp³-hybridized carbons (Fsp3) is 0.909. The molecule has 1 aliphatic heterocycles. The summed E-state index contributed by atoms with van der Waals surface area (Å²) in [6.45, 7) is 5.28. The van der Waals surface area contributed by atoms with Crippen molar-refractivity contribution in [3.63, 3.8) is 0 Å². The van der Waals surface area contributed by atoms with Gasteiger partial charge in [0.1, 0.15) is 5.02 Å². The van der Waals surface area contributed by atoms with Gasteiger partial charge >= 0.3 is 6.16 Å². The fourth-order valence-electron chi connectivity index (χ4n) is 1.97. The highest BCUT2D eigenvalue weighted by atomic mass is 17.0. The third-order valence-corrected chi connectivity index (χ3v) is 3.11. The van der Waals surface area contributed by atoms with E-state index >= 15 is 0 Å². The number of carbonyl (C=O) groups excluding carboxylic acids is 1. The molecular formula is C11H21N3O6. The van der Waals surface area contributed by atoms with Crippen LogP contribution in [0.25, 0.3) is 0 Å². The van der Waals surface area contributed by atoms with Gasteiger partial charge < -0.3 is 19.4 Å². The van der Waals surface area contributed by atoms with Gasteiger partial charge in [-0.25, -0.2) is 4.79 Å². The molecule has 0 bridgehead atoms. The topological polar surface area (TPSA) is 91.2 Å². The third-order valence-electron chi connectivity index (χ3n) is 3.11. The highest BCUT2D eigenvalue weighted by Gasteiger charge is 2.27.